The van der Waals surface area contributed by atoms with Gasteiger partial charge in [-0.2, -0.15) is 19.0 Å². The standard InChI is InChI=1S/C22H20F2N6O/c1-13-19-17(20(28(2)27-19)16-11-26-30(12-16)22(23)24)7-9-29(13)21(31)15-5-6-18-14(10-15)4-3-8-25-18/h3-6,8,10-13,22H,7,9H2,1-2H3. The minimum absolute atomic E-state index is 0.0679. The lowest BCUT2D eigenvalue weighted by atomic mass is 9.96. The van der Waals surface area contributed by atoms with Crippen LogP contribution in [0.5, 0.6) is 0 Å². The third kappa shape index (κ3) is 3.17. The van der Waals surface area contributed by atoms with Gasteiger partial charge in [-0.25, -0.2) is 4.68 Å². The van der Waals surface area contributed by atoms with Crippen LogP contribution in [-0.2, 0) is 13.5 Å². The van der Waals surface area contributed by atoms with Crippen molar-refractivity contribution >= 4 is 16.8 Å². The molecule has 0 N–H and O–H groups in total. The molecule has 1 amide bonds. The van der Waals surface area contributed by atoms with E-state index in [1.165, 1.54) is 12.4 Å². The normalized spacial score (nSPS) is 16.2. The first-order chi connectivity index (χ1) is 14.9. The maximum Gasteiger partial charge on any atom is 0.333 e. The maximum atomic E-state index is 13.3. The Morgan fingerprint density at radius 2 is 2.10 bits per heavy atom. The van der Waals surface area contributed by atoms with Crippen LogP contribution in [0, 0.1) is 0 Å². The molecular formula is C22H20F2N6O. The molecule has 1 atom stereocenters. The third-order valence-corrected chi connectivity index (χ3v) is 5.83. The minimum Gasteiger partial charge on any atom is -0.330 e. The van der Waals surface area contributed by atoms with E-state index in [1.54, 1.807) is 28.9 Å². The molecule has 7 nitrogen and oxygen atoms in total. The van der Waals surface area contributed by atoms with Crippen LogP contribution in [0.15, 0.2) is 48.9 Å². The Labute approximate surface area is 176 Å². The van der Waals surface area contributed by atoms with Gasteiger partial charge >= 0.3 is 6.55 Å². The van der Waals surface area contributed by atoms with Crippen molar-refractivity contribution in [2.24, 2.45) is 7.05 Å². The highest BCUT2D eigenvalue weighted by Gasteiger charge is 2.33. The number of aromatic nitrogens is 5. The van der Waals surface area contributed by atoms with E-state index in [9.17, 15) is 13.6 Å². The van der Waals surface area contributed by atoms with Crippen molar-refractivity contribution < 1.29 is 13.6 Å². The van der Waals surface area contributed by atoms with Crippen molar-refractivity contribution in [2.75, 3.05) is 6.54 Å². The van der Waals surface area contributed by atoms with Gasteiger partial charge in [0.05, 0.1) is 29.1 Å². The summed E-state index contributed by atoms with van der Waals surface area (Å²) >= 11 is 0. The molecule has 0 spiro atoms. The Bertz CT molecular complexity index is 1290. The number of hydrogen-bond donors (Lipinski definition) is 0. The molecule has 0 fully saturated rings. The van der Waals surface area contributed by atoms with Crippen LogP contribution in [0.25, 0.3) is 22.2 Å². The minimum atomic E-state index is -2.69. The van der Waals surface area contributed by atoms with Crippen molar-refractivity contribution in [2.45, 2.75) is 25.9 Å². The van der Waals surface area contributed by atoms with Crippen molar-refractivity contribution in [3.8, 4) is 11.3 Å². The van der Waals surface area contributed by atoms with Gasteiger partial charge in [0.1, 0.15) is 0 Å². The monoisotopic (exact) mass is 422 g/mol. The Balaban J connectivity index is 1.47. The van der Waals surface area contributed by atoms with Gasteiger partial charge in [0, 0.05) is 48.1 Å². The smallest absolute Gasteiger partial charge is 0.330 e. The van der Waals surface area contributed by atoms with Crippen LogP contribution in [0.2, 0.25) is 0 Å². The Kier molecular flexibility index (Phi) is 4.53. The third-order valence-electron chi connectivity index (χ3n) is 5.83. The van der Waals surface area contributed by atoms with Gasteiger partial charge in [0.15, 0.2) is 0 Å². The first-order valence-electron chi connectivity index (χ1n) is 9.98. The fourth-order valence-electron chi connectivity index (χ4n) is 4.32. The summed E-state index contributed by atoms with van der Waals surface area (Å²) in [7, 11) is 1.78. The number of aryl methyl sites for hydroxylation is 1. The zero-order valence-electron chi connectivity index (χ0n) is 17.0. The summed E-state index contributed by atoms with van der Waals surface area (Å²) in [6.07, 6.45) is 5.06. The predicted molar refractivity (Wildman–Crippen MR) is 111 cm³/mol. The summed E-state index contributed by atoms with van der Waals surface area (Å²) in [5.74, 6) is -0.0679. The molecular weight excluding hydrogens is 402 g/mol. The lowest BCUT2D eigenvalue weighted by molar-refractivity contribution is 0.0566. The quantitative estimate of drug-likeness (QED) is 0.501. The van der Waals surface area contributed by atoms with E-state index in [2.05, 4.69) is 15.2 Å². The highest BCUT2D eigenvalue weighted by molar-refractivity contribution is 5.98. The van der Waals surface area contributed by atoms with E-state index in [0.717, 1.165) is 27.9 Å². The molecule has 31 heavy (non-hydrogen) atoms. The molecule has 158 valence electrons. The molecule has 0 bridgehead atoms. The Morgan fingerprint density at radius 3 is 2.87 bits per heavy atom. The average molecular weight is 422 g/mol. The summed E-state index contributed by atoms with van der Waals surface area (Å²) in [6.45, 7) is -0.237. The number of amides is 1. The number of hydrogen-bond acceptors (Lipinski definition) is 4. The zero-order chi connectivity index (χ0) is 21.7. The van der Waals surface area contributed by atoms with Crippen molar-refractivity contribution in [3.63, 3.8) is 0 Å². The van der Waals surface area contributed by atoms with Gasteiger partial charge < -0.3 is 4.90 Å². The lowest BCUT2D eigenvalue weighted by Gasteiger charge is -2.33. The number of halogens is 2. The maximum absolute atomic E-state index is 13.3. The summed E-state index contributed by atoms with van der Waals surface area (Å²) < 4.78 is 28.2. The zero-order valence-corrected chi connectivity index (χ0v) is 17.0. The van der Waals surface area contributed by atoms with Gasteiger partial charge in [-0.1, -0.05) is 6.07 Å². The fraction of sp³-hybridized carbons (Fsp3) is 0.273. The second-order valence-electron chi connectivity index (χ2n) is 7.66. The Morgan fingerprint density at radius 1 is 1.26 bits per heavy atom. The fourth-order valence-corrected chi connectivity index (χ4v) is 4.32. The van der Waals surface area contributed by atoms with E-state index in [0.29, 0.717) is 28.8 Å². The van der Waals surface area contributed by atoms with Crippen molar-refractivity contribution in [1.82, 2.24) is 29.4 Å². The second-order valence-corrected chi connectivity index (χ2v) is 7.66. The van der Waals surface area contributed by atoms with E-state index in [4.69, 9.17) is 0 Å². The number of nitrogens with zero attached hydrogens (tertiary/aromatic N) is 6. The molecule has 1 aliphatic rings. The van der Waals surface area contributed by atoms with Crippen LogP contribution in [-0.4, -0.2) is 41.9 Å². The SMILES string of the molecule is CC1c2nn(C)c(-c3cnn(C(F)F)c3)c2CCN1C(=O)c1ccc2ncccc2c1. The van der Waals surface area contributed by atoms with E-state index in [-0.39, 0.29) is 11.9 Å². The molecule has 1 unspecified atom stereocenters. The van der Waals surface area contributed by atoms with Crippen LogP contribution < -0.4 is 0 Å². The summed E-state index contributed by atoms with van der Waals surface area (Å²) in [6, 6.07) is 9.03. The number of carbonyl (C=O) groups is 1. The number of carbonyl (C=O) groups excluding carboxylic acids is 1. The van der Waals surface area contributed by atoms with Gasteiger partial charge in [-0.3, -0.25) is 14.5 Å². The van der Waals surface area contributed by atoms with E-state index < -0.39 is 6.55 Å². The first kappa shape index (κ1) is 19.3. The molecule has 0 saturated carbocycles. The molecule has 0 aliphatic carbocycles. The van der Waals surface area contributed by atoms with Crippen molar-refractivity contribution in [1.29, 1.82) is 0 Å². The number of pyridine rings is 1. The lowest BCUT2D eigenvalue weighted by Crippen LogP contribution is -2.38. The molecule has 1 aliphatic heterocycles. The highest BCUT2D eigenvalue weighted by Crippen LogP contribution is 2.36. The first-order valence-corrected chi connectivity index (χ1v) is 9.98. The topological polar surface area (TPSA) is 68.8 Å². The van der Waals surface area contributed by atoms with Crippen LogP contribution in [0.3, 0.4) is 0 Å². The second kappa shape index (κ2) is 7.26. The number of alkyl halides is 2. The molecule has 1 aromatic carbocycles. The Hall–Kier alpha value is -3.62. The van der Waals surface area contributed by atoms with Gasteiger partial charge in [0.2, 0.25) is 0 Å². The van der Waals surface area contributed by atoms with Crippen LogP contribution in [0.4, 0.5) is 8.78 Å². The van der Waals surface area contributed by atoms with Gasteiger partial charge in [0.25, 0.3) is 5.91 Å². The summed E-state index contributed by atoms with van der Waals surface area (Å²) in [5.41, 5.74) is 4.54. The molecule has 3 aromatic heterocycles. The van der Waals surface area contributed by atoms with Gasteiger partial charge in [-0.15, -0.1) is 0 Å². The van der Waals surface area contributed by atoms with Crippen LogP contribution in [0.1, 0.15) is 41.1 Å². The number of benzene rings is 1. The number of fused-ring (bicyclic) bond motifs is 2. The average Bonchev–Trinajstić information content (AvgIpc) is 3.38. The summed E-state index contributed by atoms with van der Waals surface area (Å²) in [4.78, 5) is 19.4. The molecule has 4 aromatic rings. The summed E-state index contributed by atoms with van der Waals surface area (Å²) in [5, 5.41) is 9.28. The van der Waals surface area contributed by atoms with Crippen molar-refractivity contribution in [3.05, 3.63) is 65.7 Å². The van der Waals surface area contributed by atoms with E-state index in [1.807, 2.05) is 31.2 Å². The molecule has 0 radical (unpaired) electrons. The largest absolute Gasteiger partial charge is 0.333 e. The number of rotatable bonds is 3. The van der Waals surface area contributed by atoms with Gasteiger partial charge in [-0.05, 0) is 37.6 Å². The van der Waals surface area contributed by atoms with Crippen LogP contribution >= 0.6 is 0 Å². The predicted octanol–water partition coefficient (Wildman–Crippen LogP) is 3.99. The van der Waals surface area contributed by atoms with E-state index >= 15 is 0 Å². The molecule has 4 heterocycles. The highest BCUT2D eigenvalue weighted by atomic mass is 19.3. The molecule has 5 rings (SSSR count). The molecule has 0 saturated heterocycles. The molecule has 9 heteroatoms.